The molecule has 13 heteroatoms. The number of rotatable bonds is 17. The number of hydrogen-bond acceptors (Lipinski definition) is 9. The maximum absolute atomic E-state index is 12.4. The molecule has 0 saturated carbocycles. The summed E-state index contributed by atoms with van der Waals surface area (Å²) in [5.74, 6) is 2.17. The fourth-order valence-electron chi connectivity index (χ4n) is 6.68. The average molecular weight is 687 g/mol. The van der Waals surface area contributed by atoms with Crippen LogP contribution in [0.25, 0.3) is 21.9 Å². The van der Waals surface area contributed by atoms with Gasteiger partial charge in [-0.3, -0.25) is 4.79 Å². The summed E-state index contributed by atoms with van der Waals surface area (Å²) in [5, 5.41) is 14.9. The first-order chi connectivity index (χ1) is 23.9. The molecule has 260 valence electrons. The van der Waals surface area contributed by atoms with Gasteiger partial charge in [0.25, 0.3) is 0 Å². The summed E-state index contributed by atoms with van der Waals surface area (Å²) in [4.78, 5) is 51.5. The number of carbonyl (C=O) groups excluding carboxylic acids is 3. The van der Waals surface area contributed by atoms with Crippen LogP contribution in [0, 0.1) is 0 Å². The molecule has 5 N–H and O–H groups in total. The highest BCUT2D eigenvalue weighted by Gasteiger charge is 2.42. The summed E-state index contributed by atoms with van der Waals surface area (Å²) in [6.07, 6.45) is 5.84. The summed E-state index contributed by atoms with van der Waals surface area (Å²) >= 11 is 1.92. The number of carbonyl (C=O) groups is 3. The summed E-state index contributed by atoms with van der Waals surface area (Å²) in [6, 6.07) is 16.1. The van der Waals surface area contributed by atoms with Crippen molar-refractivity contribution in [2.75, 3.05) is 51.4 Å². The van der Waals surface area contributed by atoms with Crippen molar-refractivity contribution >= 4 is 57.4 Å². The number of urea groups is 1. The minimum atomic E-state index is -0.385. The Morgan fingerprint density at radius 3 is 2.65 bits per heavy atom. The Labute approximate surface area is 290 Å². The quantitative estimate of drug-likeness (QED) is 0.0616. The van der Waals surface area contributed by atoms with E-state index < -0.39 is 0 Å². The van der Waals surface area contributed by atoms with Crippen molar-refractivity contribution in [2.24, 2.45) is 0 Å². The summed E-state index contributed by atoms with van der Waals surface area (Å²) in [6.45, 7) is 3.20. The highest BCUT2D eigenvalue weighted by Crippen LogP contribution is 2.33. The number of nitrogens with zero attached hydrogens (tertiary/aromatic N) is 3. The maximum Gasteiger partial charge on any atom is 0.337 e. The van der Waals surface area contributed by atoms with Crippen molar-refractivity contribution in [2.45, 2.75) is 62.3 Å². The number of fused-ring (bicyclic) bond motifs is 4. The highest BCUT2D eigenvalue weighted by atomic mass is 32.2. The average Bonchev–Trinajstić information content (AvgIpc) is 3.78. The van der Waals surface area contributed by atoms with Crippen LogP contribution in [-0.2, 0) is 16.0 Å². The van der Waals surface area contributed by atoms with Crippen LogP contribution in [0.3, 0.4) is 0 Å². The van der Waals surface area contributed by atoms with E-state index >= 15 is 0 Å². The molecule has 4 heterocycles. The van der Waals surface area contributed by atoms with E-state index in [1.165, 1.54) is 7.11 Å². The van der Waals surface area contributed by atoms with Gasteiger partial charge in [0.1, 0.15) is 17.3 Å². The molecule has 49 heavy (non-hydrogen) atoms. The van der Waals surface area contributed by atoms with Crippen LogP contribution in [0.1, 0.15) is 60.3 Å². The lowest BCUT2D eigenvalue weighted by atomic mass is 10.0. The lowest BCUT2D eigenvalue weighted by Crippen LogP contribution is -2.36. The fraction of sp³-hybridized carbons (Fsp3) is 0.472. The molecule has 2 aliphatic rings. The van der Waals surface area contributed by atoms with Gasteiger partial charge in [-0.25, -0.2) is 19.6 Å². The van der Waals surface area contributed by atoms with Crippen molar-refractivity contribution in [3.05, 3.63) is 65.5 Å². The van der Waals surface area contributed by atoms with E-state index in [4.69, 9.17) is 14.7 Å². The minimum Gasteiger partial charge on any atom is -0.465 e. The lowest BCUT2D eigenvalue weighted by molar-refractivity contribution is -0.121. The number of benzene rings is 2. The second-order valence-electron chi connectivity index (χ2n) is 12.9. The summed E-state index contributed by atoms with van der Waals surface area (Å²) in [5.41, 5.74) is 3.13. The Balaban J connectivity index is 0.938. The molecule has 0 radical (unpaired) electrons. The van der Waals surface area contributed by atoms with Gasteiger partial charge < -0.3 is 35.9 Å². The molecule has 0 aliphatic carbocycles. The molecule has 2 saturated heterocycles. The third kappa shape index (κ3) is 8.82. The van der Waals surface area contributed by atoms with E-state index in [0.717, 1.165) is 90.8 Å². The zero-order valence-electron chi connectivity index (χ0n) is 28.2. The molecule has 3 amide bonds. The zero-order valence-corrected chi connectivity index (χ0v) is 29.0. The van der Waals surface area contributed by atoms with Crippen molar-refractivity contribution in [1.29, 1.82) is 0 Å². The Morgan fingerprint density at radius 2 is 1.84 bits per heavy atom. The predicted octanol–water partition coefficient (Wildman–Crippen LogP) is 4.45. The van der Waals surface area contributed by atoms with Crippen molar-refractivity contribution in [1.82, 2.24) is 35.8 Å². The Bertz CT molecular complexity index is 1770. The maximum atomic E-state index is 12.4. The second kappa shape index (κ2) is 16.4. The number of amides is 3. The number of unbranched alkanes of at least 4 members (excludes halogenated alkanes) is 1. The van der Waals surface area contributed by atoms with Gasteiger partial charge in [0.15, 0.2) is 0 Å². The third-order valence-corrected chi connectivity index (χ3v) is 10.8. The molecule has 2 aliphatic heterocycles. The topological polar surface area (TPSA) is 153 Å². The lowest BCUT2D eigenvalue weighted by Gasteiger charge is -2.17. The molecule has 3 atom stereocenters. The van der Waals surface area contributed by atoms with Crippen LogP contribution >= 0.6 is 11.8 Å². The van der Waals surface area contributed by atoms with Gasteiger partial charge in [0.2, 0.25) is 5.91 Å². The molecule has 2 aromatic heterocycles. The monoisotopic (exact) mass is 686 g/mol. The van der Waals surface area contributed by atoms with Gasteiger partial charge in [-0.1, -0.05) is 42.8 Å². The van der Waals surface area contributed by atoms with Gasteiger partial charge in [0, 0.05) is 47.8 Å². The molecular formula is C36H46N8O4S. The van der Waals surface area contributed by atoms with E-state index in [-0.39, 0.29) is 30.0 Å². The van der Waals surface area contributed by atoms with Crippen LogP contribution in [0.2, 0.25) is 0 Å². The number of H-pyrrole nitrogens is 1. The van der Waals surface area contributed by atoms with Gasteiger partial charge in [-0.15, -0.1) is 0 Å². The van der Waals surface area contributed by atoms with Crippen LogP contribution in [0.4, 0.5) is 10.6 Å². The van der Waals surface area contributed by atoms with Crippen LogP contribution in [0.15, 0.2) is 48.5 Å². The summed E-state index contributed by atoms with van der Waals surface area (Å²) in [7, 11) is 3.48. The van der Waals surface area contributed by atoms with Crippen LogP contribution in [-0.4, -0.2) is 101 Å². The Kier molecular flexibility index (Phi) is 11.5. The third-order valence-electron chi connectivity index (χ3n) is 9.25. The number of anilines is 1. The number of aromatic nitrogens is 3. The van der Waals surface area contributed by atoms with Gasteiger partial charge in [0.05, 0.1) is 30.1 Å². The molecule has 4 aromatic rings. The van der Waals surface area contributed by atoms with Crippen LogP contribution < -0.4 is 21.3 Å². The van der Waals surface area contributed by atoms with Gasteiger partial charge in [-0.05, 0) is 63.5 Å². The van der Waals surface area contributed by atoms with Gasteiger partial charge in [-0.2, -0.15) is 11.8 Å². The van der Waals surface area contributed by atoms with Gasteiger partial charge >= 0.3 is 12.0 Å². The smallest absolute Gasteiger partial charge is 0.337 e. The van der Waals surface area contributed by atoms with Crippen molar-refractivity contribution < 1.29 is 19.1 Å². The Hall–Kier alpha value is -4.36. The summed E-state index contributed by atoms with van der Waals surface area (Å²) < 4.78 is 4.91. The molecule has 2 fully saturated rings. The SMILES string of the molecule is COC(=O)c1ccc2c(c1)[nH]c1nc(Cc3ccccc3)nc(NCCCN(C)CCCNC(=O)CCCCC3SCC4NC(=O)NC43)c12. The molecule has 6 rings (SSSR count). The van der Waals surface area contributed by atoms with Crippen LogP contribution in [0.5, 0.6) is 0 Å². The fourth-order valence-corrected chi connectivity index (χ4v) is 8.23. The number of thioether (sulfide) groups is 1. The number of hydrogen-bond donors (Lipinski definition) is 5. The van der Waals surface area contributed by atoms with Crippen molar-refractivity contribution in [3.8, 4) is 0 Å². The van der Waals surface area contributed by atoms with Crippen molar-refractivity contribution in [3.63, 3.8) is 0 Å². The first kappa shape index (κ1) is 34.5. The number of esters is 1. The van der Waals surface area contributed by atoms with E-state index in [2.05, 4.69) is 50.3 Å². The molecule has 3 unspecified atom stereocenters. The second-order valence-corrected chi connectivity index (χ2v) is 14.2. The normalized spacial score (nSPS) is 18.4. The van der Waals surface area contributed by atoms with E-state index in [0.29, 0.717) is 36.0 Å². The largest absolute Gasteiger partial charge is 0.465 e. The number of ether oxygens (including phenoxy) is 1. The molecule has 0 bridgehead atoms. The number of methoxy groups -OCH3 is 1. The molecule has 2 aromatic carbocycles. The van der Waals surface area contributed by atoms with E-state index in [1.807, 2.05) is 36.0 Å². The predicted molar refractivity (Wildman–Crippen MR) is 194 cm³/mol. The zero-order chi connectivity index (χ0) is 34.2. The number of nitrogens with one attached hydrogen (secondary N) is 5. The minimum absolute atomic E-state index is 0.0525. The standard InChI is InChI=1S/C36H46N8O4S/c1-44(18-8-16-37-30(45)13-7-6-12-28-32-27(22-49-28)40-36(47)43-32)19-9-17-38-33-31-25-15-14-24(35(46)48-2)21-26(25)39-34(31)42-29(41-33)20-23-10-4-3-5-11-23/h3-5,10-11,14-15,21,27-28,32H,6-9,12-13,16-20,22H2,1-2H3,(H,37,45)(H2,40,43,47)(H2,38,39,41,42). The number of aromatic amines is 1. The Morgan fingerprint density at radius 1 is 1.02 bits per heavy atom. The first-order valence-electron chi connectivity index (χ1n) is 17.2. The van der Waals surface area contributed by atoms with E-state index in [1.54, 1.807) is 12.1 Å². The van der Waals surface area contributed by atoms with E-state index in [9.17, 15) is 14.4 Å². The molecular weight excluding hydrogens is 641 g/mol. The first-order valence-corrected chi connectivity index (χ1v) is 18.2. The molecule has 12 nitrogen and oxygen atoms in total. The highest BCUT2D eigenvalue weighted by molar-refractivity contribution is 8.00. The molecule has 0 spiro atoms.